The average molecular weight is 247 g/mol. The first kappa shape index (κ1) is 11.5. The number of rotatable bonds is 1. The van der Waals surface area contributed by atoms with E-state index in [1.54, 1.807) is 6.20 Å². The number of fused-ring (bicyclic) bond motifs is 1. The second-order valence-electron chi connectivity index (χ2n) is 4.38. The van der Waals surface area contributed by atoms with Gasteiger partial charge in [-0.05, 0) is 36.6 Å². The number of aromatic nitrogens is 3. The molecule has 3 heteroatoms. The second kappa shape index (κ2) is 4.95. The molecule has 2 heterocycles. The van der Waals surface area contributed by atoms with Gasteiger partial charge in [0.1, 0.15) is 5.69 Å². The van der Waals surface area contributed by atoms with E-state index in [9.17, 15) is 0 Å². The summed E-state index contributed by atoms with van der Waals surface area (Å²) >= 11 is 0. The number of hydrogen-bond acceptors (Lipinski definition) is 2. The fourth-order valence-electron chi connectivity index (χ4n) is 2.07. The van der Waals surface area contributed by atoms with E-state index in [0.29, 0.717) is 0 Å². The Morgan fingerprint density at radius 3 is 2.95 bits per heavy atom. The minimum atomic E-state index is 0.142. The summed E-state index contributed by atoms with van der Waals surface area (Å²) in [6.45, 7) is 2.09. The minimum absolute atomic E-state index is 0.142. The standard InChI is InChI=1S/C16H13N3/c1-12(8-9-13-5-2-3-10-17-13)14-6-4-7-16-15(14)11-18-19-16/h2-7,10-12H,1H3,(H,18,19). The van der Waals surface area contributed by atoms with Gasteiger partial charge in [-0.25, -0.2) is 4.98 Å². The molecule has 0 fully saturated rings. The maximum absolute atomic E-state index is 4.20. The van der Waals surface area contributed by atoms with E-state index in [1.807, 2.05) is 36.5 Å². The Labute approximate surface area is 111 Å². The van der Waals surface area contributed by atoms with Crippen LogP contribution in [0.3, 0.4) is 0 Å². The summed E-state index contributed by atoms with van der Waals surface area (Å²) in [4.78, 5) is 4.20. The summed E-state index contributed by atoms with van der Waals surface area (Å²) in [7, 11) is 0. The highest BCUT2D eigenvalue weighted by atomic mass is 15.1. The normalized spacial score (nSPS) is 11.8. The van der Waals surface area contributed by atoms with Crippen LogP contribution in [0.25, 0.3) is 10.9 Å². The van der Waals surface area contributed by atoms with Gasteiger partial charge in [-0.3, -0.25) is 5.10 Å². The molecule has 2 aromatic heterocycles. The van der Waals surface area contributed by atoms with Gasteiger partial charge in [0.15, 0.2) is 0 Å². The molecule has 3 rings (SSSR count). The van der Waals surface area contributed by atoms with Crippen molar-refractivity contribution in [1.82, 2.24) is 15.2 Å². The predicted molar refractivity (Wildman–Crippen MR) is 75.6 cm³/mol. The van der Waals surface area contributed by atoms with Crippen molar-refractivity contribution in [2.75, 3.05) is 0 Å². The van der Waals surface area contributed by atoms with Crippen LogP contribution in [-0.2, 0) is 0 Å². The van der Waals surface area contributed by atoms with Crippen molar-refractivity contribution >= 4 is 10.9 Å². The van der Waals surface area contributed by atoms with Gasteiger partial charge < -0.3 is 0 Å². The number of pyridine rings is 1. The number of H-pyrrole nitrogens is 1. The van der Waals surface area contributed by atoms with Crippen LogP contribution in [0.15, 0.2) is 48.8 Å². The van der Waals surface area contributed by atoms with Crippen molar-refractivity contribution in [1.29, 1.82) is 0 Å². The zero-order valence-electron chi connectivity index (χ0n) is 10.6. The van der Waals surface area contributed by atoms with Crippen LogP contribution in [0.4, 0.5) is 0 Å². The van der Waals surface area contributed by atoms with Gasteiger partial charge >= 0.3 is 0 Å². The van der Waals surface area contributed by atoms with Crippen molar-refractivity contribution in [2.45, 2.75) is 12.8 Å². The molecule has 0 radical (unpaired) electrons. The zero-order chi connectivity index (χ0) is 13.1. The number of hydrogen-bond donors (Lipinski definition) is 1. The lowest BCUT2D eigenvalue weighted by Gasteiger charge is -2.05. The molecule has 3 aromatic rings. The van der Waals surface area contributed by atoms with Gasteiger partial charge in [-0.15, -0.1) is 0 Å². The Morgan fingerprint density at radius 2 is 2.11 bits per heavy atom. The monoisotopic (exact) mass is 247 g/mol. The first-order chi connectivity index (χ1) is 9.34. The molecule has 0 aliphatic carbocycles. The van der Waals surface area contributed by atoms with Crippen molar-refractivity contribution < 1.29 is 0 Å². The molecule has 0 aliphatic heterocycles. The lowest BCUT2D eigenvalue weighted by Crippen LogP contribution is -1.91. The lowest BCUT2D eigenvalue weighted by atomic mass is 9.98. The number of aromatic amines is 1. The summed E-state index contributed by atoms with van der Waals surface area (Å²) in [6, 6.07) is 11.9. The van der Waals surface area contributed by atoms with Gasteiger partial charge in [0, 0.05) is 17.5 Å². The van der Waals surface area contributed by atoms with Crippen molar-refractivity contribution in [2.24, 2.45) is 0 Å². The second-order valence-corrected chi connectivity index (χ2v) is 4.38. The molecule has 0 saturated heterocycles. The Hall–Kier alpha value is -2.60. The third-order valence-corrected chi connectivity index (χ3v) is 3.07. The molecule has 3 nitrogen and oxygen atoms in total. The molecule has 1 N–H and O–H groups in total. The molecule has 1 atom stereocenters. The smallest absolute Gasteiger partial charge is 0.113 e. The molecule has 0 spiro atoms. The van der Waals surface area contributed by atoms with Gasteiger partial charge in [-0.1, -0.05) is 24.1 Å². The predicted octanol–water partition coefficient (Wildman–Crippen LogP) is 3.11. The van der Waals surface area contributed by atoms with Crippen molar-refractivity contribution in [3.05, 3.63) is 60.0 Å². The van der Waals surface area contributed by atoms with Gasteiger partial charge in [-0.2, -0.15) is 5.10 Å². The molecule has 1 unspecified atom stereocenters. The Bertz CT molecular complexity index is 748. The summed E-state index contributed by atoms with van der Waals surface area (Å²) in [5.41, 5.74) is 3.03. The molecule has 0 aliphatic rings. The fourth-order valence-corrected chi connectivity index (χ4v) is 2.07. The number of benzene rings is 1. The van der Waals surface area contributed by atoms with E-state index in [1.165, 1.54) is 5.56 Å². The maximum atomic E-state index is 4.20. The number of nitrogens with zero attached hydrogens (tertiary/aromatic N) is 2. The van der Waals surface area contributed by atoms with E-state index in [-0.39, 0.29) is 5.92 Å². The molecule has 0 saturated carbocycles. The fraction of sp³-hybridized carbons (Fsp3) is 0.125. The zero-order valence-corrected chi connectivity index (χ0v) is 10.6. The lowest BCUT2D eigenvalue weighted by molar-refractivity contribution is 1.02. The van der Waals surface area contributed by atoms with E-state index >= 15 is 0 Å². The van der Waals surface area contributed by atoms with Gasteiger partial charge in [0.05, 0.1) is 11.7 Å². The molecular formula is C16H13N3. The van der Waals surface area contributed by atoms with E-state index in [0.717, 1.165) is 16.6 Å². The molecule has 0 amide bonds. The third kappa shape index (κ3) is 2.34. The van der Waals surface area contributed by atoms with Crippen LogP contribution in [-0.4, -0.2) is 15.2 Å². The summed E-state index contributed by atoms with van der Waals surface area (Å²) in [6.07, 6.45) is 3.61. The largest absolute Gasteiger partial charge is 0.278 e. The third-order valence-electron chi connectivity index (χ3n) is 3.07. The van der Waals surface area contributed by atoms with Gasteiger partial charge in [0.2, 0.25) is 0 Å². The van der Waals surface area contributed by atoms with Gasteiger partial charge in [0.25, 0.3) is 0 Å². The van der Waals surface area contributed by atoms with Crippen molar-refractivity contribution in [3.8, 4) is 11.8 Å². The van der Waals surface area contributed by atoms with Crippen LogP contribution >= 0.6 is 0 Å². The minimum Gasteiger partial charge on any atom is -0.278 e. The van der Waals surface area contributed by atoms with Crippen LogP contribution < -0.4 is 0 Å². The van der Waals surface area contributed by atoms with E-state index in [2.05, 4.69) is 40.0 Å². The molecule has 92 valence electrons. The maximum Gasteiger partial charge on any atom is 0.113 e. The highest BCUT2D eigenvalue weighted by molar-refractivity contribution is 5.82. The quantitative estimate of drug-likeness (QED) is 0.671. The molecule has 1 aromatic carbocycles. The first-order valence-electron chi connectivity index (χ1n) is 6.19. The van der Waals surface area contributed by atoms with E-state index < -0.39 is 0 Å². The highest BCUT2D eigenvalue weighted by Gasteiger charge is 2.07. The molecule has 19 heavy (non-hydrogen) atoms. The van der Waals surface area contributed by atoms with Crippen LogP contribution in [0, 0.1) is 11.8 Å². The van der Waals surface area contributed by atoms with Crippen LogP contribution in [0.5, 0.6) is 0 Å². The molecule has 0 bridgehead atoms. The van der Waals surface area contributed by atoms with Crippen LogP contribution in [0.1, 0.15) is 24.1 Å². The SMILES string of the molecule is CC(C#Cc1ccccn1)c1cccc2[nH]ncc12. The molecular weight excluding hydrogens is 234 g/mol. The van der Waals surface area contributed by atoms with Crippen LogP contribution in [0.2, 0.25) is 0 Å². The number of nitrogens with one attached hydrogen (secondary N) is 1. The summed E-state index contributed by atoms with van der Waals surface area (Å²) in [5, 5.41) is 8.19. The average Bonchev–Trinajstić information content (AvgIpc) is 2.94. The van der Waals surface area contributed by atoms with Crippen molar-refractivity contribution in [3.63, 3.8) is 0 Å². The summed E-state index contributed by atoms with van der Waals surface area (Å²) < 4.78 is 0. The first-order valence-corrected chi connectivity index (χ1v) is 6.19. The topological polar surface area (TPSA) is 41.6 Å². The Morgan fingerprint density at radius 1 is 1.16 bits per heavy atom. The highest BCUT2D eigenvalue weighted by Crippen LogP contribution is 2.23. The Kier molecular flexibility index (Phi) is 2.99. The summed E-state index contributed by atoms with van der Waals surface area (Å²) in [5.74, 6) is 6.49. The Balaban J connectivity index is 1.95. The van der Waals surface area contributed by atoms with E-state index in [4.69, 9.17) is 0 Å².